The summed E-state index contributed by atoms with van der Waals surface area (Å²) < 4.78 is 1.42. The summed E-state index contributed by atoms with van der Waals surface area (Å²) in [5, 5.41) is 0. The molecule has 0 radical (unpaired) electrons. The maximum atomic E-state index is 11.2. The molecule has 1 heterocycles. The van der Waals surface area contributed by atoms with Crippen molar-refractivity contribution >= 4 is 18.7 Å². The van der Waals surface area contributed by atoms with Gasteiger partial charge >= 0.3 is 0 Å². The molecule has 2 nitrogen and oxygen atoms in total. The number of rotatable bonds is 0. The second-order valence-corrected chi connectivity index (χ2v) is 3.00. The van der Waals surface area contributed by atoms with Gasteiger partial charge in [0.15, 0.2) is 0 Å². The molecule has 1 amide bonds. The van der Waals surface area contributed by atoms with E-state index in [4.69, 9.17) is 0 Å². The summed E-state index contributed by atoms with van der Waals surface area (Å²) in [7, 11) is 0. The Kier molecular flexibility index (Phi) is 1.39. The normalized spacial score (nSPS) is 15.4. The number of carbonyl (C=O) groups is 1. The van der Waals surface area contributed by atoms with Crippen LogP contribution in [0.4, 0.5) is 0 Å². The van der Waals surface area contributed by atoms with Crippen molar-refractivity contribution in [2.45, 2.75) is 6.54 Å². The van der Waals surface area contributed by atoms with E-state index in [1.807, 2.05) is 24.3 Å². The van der Waals surface area contributed by atoms with Gasteiger partial charge < -0.3 is 0 Å². The minimum atomic E-state index is 0.00364. The van der Waals surface area contributed by atoms with Crippen molar-refractivity contribution < 1.29 is 4.79 Å². The minimum Gasteiger partial charge on any atom is -0.281 e. The number of amides is 1. The number of nitrogens with zero attached hydrogens (tertiary/aromatic N) is 1. The molecule has 11 heavy (non-hydrogen) atoms. The van der Waals surface area contributed by atoms with Crippen LogP contribution < -0.4 is 0 Å². The Morgan fingerprint density at radius 3 is 2.82 bits per heavy atom. The van der Waals surface area contributed by atoms with E-state index in [2.05, 4.69) is 12.8 Å². The van der Waals surface area contributed by atoms with Crippen LogP contribution in [0.5, 0.6) is 0 Å². The van der Waals surface area contributed by atoms with E-state index < -0.39 is 0 Å². The molecule has 0 aromatic heterocycles. The second kappa shape index (κ2) is 2.27. The van der Waals surface area contributed by atoms with E-state index >= 15 is 0 Å². The third-order valence-corrected chi connectivity index (χ3v) is 2.13. The van der Waals surface area contributed by atoms with Gasteiger partial charge in [-0.15, -0.1) is 0 Å². The van der Waals surface area contributed by atoms with Crippen molar-refractivity contribution in [1.82, 2.24) is 4.31 Å². The molecule has 1 aliphatic heterocycles. The standard InChI is InChI=1S/C8H7NOS/c10-8-7-4-2-1-3-6(7)5-9(8)11/h1-4,11H,5H2. The van der Waals surface area contributed by atoms with Crippen LogP contribution >= 0.6 is 12.8 Å². The van der Waals surface area contributed by atoms with Crippen LogP contribution in [0, 0.1) is 0 Å². The van der Waals surface area contributed by atoms with Gasteiger partial charge in [0.05, 0.1) is 6.54 Å². The van der Waals surface area contributed by atoms with Crippen molar-refractivity contribution in [3.63, 3.8) is 0 Å². The molecule has 2 rings (SSSR count). The minimum absolute atomic E-state index is 0.00364. The molecule has 0 fully saturated rings. The quantitative estimate of drug-likeness (QED) is 0.577. The first-order valence-corrected chi connectivity index (χ1v) is 3.77. The van der Waals surface area contributed by atoms with Crippen molar-refractivity contribution in [2.24, 2.45) is 0 Å². The number of hydrogen-bond donors (Lipinski definition) is 1. The highest BCUT2D eigenvalue weighted by molar-refractivity contribution is 7.78. The van der Waals surface area contributed by atoms with Crippen LogP contribution in [0.3, 0.4) is 0 Å². The molecular formula is C8H7NOS. The van der Waals surface area contributed by atoms with Gasteiger partial charge in [0.2, 0.25) is 0 Å². The molecule has 1 aromatic carbocycles. The summed E-state index contributed by atoms with van der Waals surface area (Å²) in [5.74, 6) is 0.00364. The van der Waals surface area contributed by atoms with Crippen LogP contribution in [0.2, 0.25) is 0 Å². The lowest BCUT2D eigenvalue weighted by Crippen LogP contribution is -2.10. The Morgan fingerprint density at radius 1 is 1.36 bits per heavy atom. The van der Waals surface area contributed by atoms with Gasteiger partial charge in [-0.2, -0.15) is 0 Å². The zero-order chi connectivity index (χ0) is 7.84. The number of thiol groups is 1. The van der Waals surface area contributed by atoms with E-state index in [0.717, 1.165) is 11.1 Å². The number of fused-ring (bicyclic) bond motifs is 1. The molecule has 0 spiro atoms. The molecule has 0 saturated heterocycles. The average Bonchev–Trinajstić information content (AvgIpc) is 2.30. The summed E-state index contributed by atoms with van der Waals surface area (Å²) in [4.78, 5) is 11.2. The van der Waals surface area contributed by atoms with Crippen molar-refractivity contribution in [2.75, 3.05) is 0 Å². The SMILES string of the molecule is O=C1c2ccccc2CN1S. The maximum absolute atomic E-state index is 11.2. The van der Waals surface area contributed by atoms with Crippen LogP contribution in [-0.2, 0) is 6.54 Å². The first-order valence-electron chi connectivity index (χ1n) is 3.37. The smallest absolute Gasteiger partial charge is 0.264 e. The van der Waals surface area contributed by atoms with Gasteiger partial charge in [-0.1, -0.05) is 31.0 Å². The highest BCUT2D eigenvalue weighted by atomic mass is 32.1. The van der Waals surface area contributed by atoms with Crippen LogP contribution in [0.15, 0.2) is 24.3 Å². The Labute approximate surface area is 70.4 Å². The molecule has 0 atom stereocenters. The molecule has 0 N–H and O–H groups in total. The van der Waals surface area contributed by atoms with Gasteiger partial charge in [0, 0.05) is 5.56 Å². The zero-order valence-corrected chi connectivity index (χ0v) is 6.71. The molecule has 3 heteroatoms. The first kappa shape index (κ1) is 6.73. The molecule has 0 unspecified atom stereocenters. The van der Waals surface area contributed by atoms with E-state index in [1.54, 1.807) is 0 Å². The predicted octanol–water partition coefficient (Wildman–Crippen LogP) is 1.49. The van der Waals surface area contributed by atoms with Crippen LogP contribution in [-0.4, -0.2) is 10.2 Å². The molecule has 56 valence electrons. The highest BCUT2D eigenvalue weighted by Crippen LogP contribution is 2.22. The number of hydrogen-bond acceptors (Lipinski definition) is 2. The van der Waals surface area contributed by atoms with E-state index in [-0.39, 0.29) is 5.91 Å². The summed E-state index contributed by atoms with van der Waals surface area (Å²) in [5.41, 5.74) is 1.84. The maximum Gasteiger partial charge on any atom is 0.264 e. The summed E-state index contributed by atoms with van der Waals surface area (Å²) in [6.45, 7) is 0.623. The molecule has 0 aliphatic carbocycles. The van der Waals surface area contributed by atoms with Gasteiger partial charge in [-0.25, -0.2) is 0 Å². The molecule has 1 aromatic rings. The number of benzene rings is 1. The topological polar surface area (TPSA) is 20.3 Å². The molecular weight excluding hydrogens is 158 g/mol. The largest absolute Gasteiger partial charge is 0.281 e. The van der Waals surface area contributed by atoms with Crippen LogP contribution in [0.1, 0.15) is 15.9 Å². The summed E-state index contributed by atoms with van der Waals surface area (Å²) in [6.07, 6.45) is 0. The molecule has 0 bridgehead atoms. The van der Waals surface area contributed by atoms with Crippen molar-refractivity contribution in [3.8, 4) is 0 Å². The van der Waals surface area contributed by atoms with Gasteiger partial charge in [-0.05, 0) is 11.6 Å². The lowest BCUT2D eigenvalue weighted by molar-refractivity contribution is 0.0891. The summed E-state index contributed by atoms with van der Waals surface area (Å²) in [6, 6.07) is 7.57. The van der Waals surface area contributed by atoms with E-state index in [1.165, 1.54) is 4.31 Å². The van der Waals surface area contributed by atoms with E-state index in [9.17, 15) is 4.79 Å². The third-order valence-electron chi connectivity index (χ3n) is 1.80. The fraction of sp³-hybridized carbons (Fsp3) is 0.125. The van der Waals surface area contributed by atoms with Gasteiger partial charge in [-0.3, -0.25) is 9.10 Å². The van der Waals surface area contributed by atoms with Crippen LogP contribution in [0.25, 0.3) is 0 Å². The zero-order valence-electron chi connectivity index (χ0n) is 5.82. The molecule has 0 saturated carbocycles. The monoisotopic (exact) mass is 165 g/mol. The summed E-state index contributed by atoms with van der Waals surface area (Å²) >= 11 is 4.02. The lowest BCUT2D eigenvalue weighted by atomic mass is 10.1. The Morgan fingerprint density at radius 2 is 2.09 bits per heavy atom. The average molecular weight is 165 g/mol. The van der Waals surface area contributed by atoms with Gasteiger partial charge in [0.1, 0.15) is 0 Å². The Balaban J connectivity index is 2.55. The Hall–Kier alpha value is -0.960. The van der Waals surface area contributed by atoms with Crippen molar-refractivity contribution in [3.05, 3.63) is 35.4 Å². The lowest BCUT2D eigenvalue weighted by Gasteiger charge is -2.02. The fourth-order valence-corrected chi connectivity index (χ4v) is 1.50. The Bertz CT molecular complexity index is 311. The van der Waals surface area contributed by atoms with Gasteiger partial charge in [0.25, 0.3) is 5.91 Å². The molecule has 1 aliphatic rings. The van der Waals surface area contributed by atoms with E-state index in [0.29, 0.717) is 6.54 Å². The fourth-order valence-electron chi connectivity index (χ4n) is 1.24. The second-order valence-electron chi connectivity index (χ2n) is 2.52. The number of carbonyl (C=O) groups excluding carboxylic acids is 1. The first-order chi connectivity index (χ1) is 5.29. The highest BCUT2D eigenvalue weighted by Gasteiger charge is 2.23. The predicted molar refractivity (Wildman–Crippen MR) is 45.3 cm³/mol. The van der Waals surface area contributed by atoms with Crippen molar-refractivity contribution in [1.29, 1.82) is 0 Å². The third kappa shape index (κ3) is 0.922.